The molecule has 2 amide bonds. The highest BCUT2D eigenvalue weighted by Gasteiger charge is 2.16. The predicted molar refractivity (Wildman–Crippen MR) is 129 cm³/mol. The van der Waals surface area contributed by atoms with Crippen LogP contribution in [0.4, 0.5) is 0 Å². The molecule has 0 aliphatic heterocycles. The van der Waals surface area contributed by atoms with Gasteiger partial charge in [0.1, 0.15) is 23.1 Å². The minimum Gasteiger partial charge on any atom is -0.488 e. The molecule has 0 fully saturated rings. The van der Waals surface area contributed by atoms with E-state index in [0.717, 1.165) is 23.1 Å². The third-order valence-corrected chi connectivity index (χ3v) is 5.90. The number of nitrogens with one attached hydrogen (secondary N) is 2. The average molecular weight is 458 g/mol. The molecule has 1 aromatic heterocycles. The van der Waals surface area contributed by atoms with Crippen LogP contribution in [0.1, 0.15) is 38.9 Å². The van der Waals surface area contributed by atoms with E-state index < -0.39 is 5.91 Å². The standard InChI is InChI=1S/C26H23N3O3S/c1-2-19-12-6-7-13-20(19)24(30)28-29-25(31)22-17-33-26(27-22)21-14-8-9-15-23(21)32-16-18-10-4-3-5-11-18/h3-15,17H,2,16H2,1H3,(H,28,30)(H,29,31). The van der Waals surface area contributed by atoms with Gasteiger partial charge in [-0.05, 0) is 35.7 Å². The lowest BCUT2D eigenvalue weighted by Gasteiger charge is -2.10. The quantitative estimate of drug-likeness (QED) is 0.382. The third kappa shape index (κ3) is 5.45. The summed E-state index contributed by atoms with van der Waals surface area (Å²) < 4.78 is 6.01. The van der Waals surface area contributed by atoms with Crippen LogP contribution in [-0.4, -0.2) is 16.8 Å². The van der Waals surface area contributed by atoms with Gasteiger partial charge in [-0.2, -0.15) is 0 Å². The zero-order valence-electron chi connectivity index (χ0n) is 18.1. The lowest BCUT2D eigenvalue weighted by Crippen LogP contribution is -2.42. The maximum atomic E-state index is 12.6. The van der Waals surface area contributed by atoms with E-state index in [2.05, 4.69) is 15.8 Å². The number of ether oxygens (including phenoxy) is 1. The van der Waals surface area contributed by atoms with E-state index >= 15 is 0 Å². The molecule has 0 aliphatic carbocycles. The molecule has 0 saturated carbocycles. The Balaban J connectivity index is 1.42. The largest absolute Gasteiger partial charge is 0.488 e. The summed E-state index contributed by atoms with van der Waals surface area (Å²) in [4.78, 5) is 29.5. The number of carbonyl (C=O) groups excluding carboxylic acids is 2. The first kappa shape index (κ1) is 22.2. The summed E-state index contributed by atoms with van der Waals surface area (Å²) >= 11 is 1.34. The molecule has 0 atom stereocenters. The third-order valence-electron chi connectivity index (χ3n) is 5.02. The molecule has 0 bridgehead atoms. The highest BCUT2D eigenvalue weighted by Crippen LogP contribution is 2.32. The number of hydrogen-bond acceptors (Lipinski definition) is 5. The van der Waals surface area contributed by atoms with Crippen LogP contribution >= 0.6 is 11.3 Å². The minimum atomic E-state index is -0.484. The van der Waals surface area contributed by atoms with Crippen molar-refractivity contribution in [2.45, 2.75) is 20.0 Å². The van der Waals surface area contributed by atoms with Gasteiger partial charge in [0.15, 0.2) is 0 Å². The van der Waals surface area contributed by atoms with Crippen molar-refractivity contribution >= 4 is 23.2 Å². The molecule has 0 spiro atoms. The Morgan fingerprint density at radius 3 is 2.39 bits per heavy atom. The van der Waals surface area contributed by atoms with E-state index in [1.165, 1.54) is 11.3 Å². The first-order valence-corrected chi connectivity index (χ1v) is 11.4. The first-order chi connectivity index (χ1) is 16.2. The molecule has 2 N–H and O–H groups in total. The van der Waals surface area contributed by atoms with Crippen molar-refractivity contribution < 1.29 is 14.3 Å². The zero-order chi connectivity index (χ0) is 23.0. The Hall–Kier alpha value is -3.97. The van der Waals surface area contributed by atoms with Crippen LogP contribution in [0.15, 0.2) is 84.2 Å². The fraction of sp³-hybridized carbons (Fsp3) is 0.115. The maximum Gasteiger partial charge on any atom is 0.289 e. The van der Waals surface area contributed by atoms with E-state index in [0.29, 0.717) is 22.9 Å². The summed E-state index contributed by atoms with van der Waals surface area (Å²) in [5.74, 6) is -0.162. The van der Waals surface area contributed by atoms with Crippen LogP contribution in [-0.2, 0) is 13.0 Å². The smallest absolute Gasteiger partial charge is 0.289 e. The molecule has 166 valence electrons. The molecule has 33 heavy (non-hydrogen) atoms. The molecule has 0 radical (unpaired) electrons. The SMILES string of the molecule is CCc1ccccc1C(=O)NNC(=O)c1csc(-c2ccccc2OCc2ccccc2)n1. The zero-order valence-corrected chi connectivity index (χ0v) is 18.9. The summed E-state index contributed by atoms with van der Waals surface area (Å²) in [6, 6.07) is 24.8. The number of aromatic nitrogens is 1. The number of hydrogen-bond donors (Lipinski definition) is 2. The fourth-order valence-corrected chi connectivity index (χ4v) is 4.13. The van der Waals surface area contributed by atoms with Gasteiger partial charge in [0.05, 0.1) is 5.56 Å². The molecule has 4 aromatic rings. The van der Waals surface area contributed by atoms with Crippen LogP contribution in [0.2, 0.25) is 0 Å². The van der Waals surface area contributed by atoms with E-state index in [-0.39, 0.29) is 11.6 Å². The molecular formula is C26H23N3O3S. The number of thiazole rings is 1. The summed E-state index contributed by atoms with van der Waals surface area (Å²) in [5.41, 5.74) is 8.45. The molecular weight excluding hydrogens is 434 g/mol. The summed E-state index contributed by atoms with van der Waals surface area (Å²) in [7, 11) is 0. The lowest BCUT2D eigenvalue weighted by molar-refractivity contribution is 0.0844. The Kier molecular flexibility index (Phi) is 7.12. The normalized spacial score (nSPS) is 10.5. The molecule has 0 aliphatic rings. The Labute approximate surface area is 196 Å². The van der Waals surface area contributed by atoms with E-state index in [1.807, 2.05) is 73.7 Å². The number of benzene rings is 3. The number of aryl methyl sites for hydroxylation is 1. The van der Waals surface area contributed by atoms with Crippen molar-refractivity contribution in [2.24, 2.45) is 0 Å². The molecule has 3 aromatic carbocycles. The number of hydrazine groups is 1. The molecule has 6 nitrogen and oxygen atoms in total. The summed E-state index contributed by atoms with van der Waals surface area (Å²) in [6.45, 7) is 2.41. The maximum absolute atomic E-state index is 12.6. The van der Waals surface area contributed by atoms with Gasteiger partial charge in [-0.3, -0.25) is 20.4 Å². The van der Waals surface area contributed by atoms with Crippen molar-refractivity contribution in [1.29, 1.82) is 0 Å². The number of nitrogens with zero attached hydrogens (tertiary/aromatic N) is 1. The van der Waals surface area contributed by atoms with Gasteiger partial charge in [-0.25, -0.2) is 4.98 Å². The minimum absolute atomic E-state index is 0.219. The average Bonchev–Trinajstić information content (AvgIpc) is 3.37. The Morgan fingerprint density at radius 2 is 1.58 bits per heavy atom. The van der Waals surface area contributed by atoms with Gasteiger partial charge >= 0.3 is 0 Å². The van der Waals surface area contributed by atoms with Crippen LogP contribution in [0, 0.1) is 0 Å². The molecule has 7 heteroatoms. The van der Waals surface area contributed by atoms with Gasteiger partial charge in [0.2, 0.25) is 0 Å². The van der Waals surface area contributed by atoms with Crippen molar-refractivity contribution in [3.05, 3.63) is 107 Å². The fourth-order valence-electron chi connectivity index (χ4n) is 3.30. The second-order valence-corrected chi connectivity index (χ2v) is 8.09. The van der Waals surface area contributed by atoms with Crippen molar-refractivity contribution in [3.8, 4) is 16.3 Å². The van der Waals surface area contributed by atoms with E-state index in [1.54, 1.807) is 17.5 Å². The Bertz CT molecular complexity index is 1250. The van der Waals surface area contributed by atoms with Gasteiger partial charge in [0.25, 0.3) is 11.8 Å². The number of para-hydroxylation sites is 1. The van der Waals surface area contributed by atoms with Crippen LogP contribution in [0.3, 0.4) is 0 Å². The molecule has 0 unspecified atom stereocenters. The highest BCUT2D eigenvalue weighted by molar-refractivity contribution is 7.13. The number of rotatable bonds is 7. The second-order valence-electron chi connectivity index (χ2n) is 7.23. The van der Waals surface area contributed by atoms with Gasteiger partial charge < -0.3 is 4.74 Å². The summed E-state index contributed by atoms with van der Waals surface area (Å²) in [5, 5.41) is 2.32. The number of amides is 2. The topological polar surface area (TPSA) is 80.3 Å². The van der Waals surface area contributed by atoms with Crippen molar-refractivity contribution in [2.75, 3.05) is 0 Å². The van der Waals surface area contributed by atoms with E-state index in [9.17, 15) is 9.59 Å². The molecule has 0 saturated heterocycles. The van der Waals surface area contributed by atoms with Crippen LogP contribution < -0.4 is 15.6 Å². The van der Waals surface area contributed by atoms with Crippen molar-refractivity contribution in [3.63, 3.8) is 0 Å². The Morgan fingerprint density at radius 1 is 0.879 bits per heavy atom. The van der Waals surface area contributed by atoms with Crippen molar-refractivity contribution in [1.82, 2.24) is 15.8 Å². The molecule has 1 heterocycles. The second kappa shape index (κ2) is 10.6. The first-order valence-electron chi connectivity index (χ1n) is 10.6. The van der Waals surface area contributed by atoms with E-state index in [4.69, 9.17) is 4.74 Å². The van der Waals surface area contributed by atoms with Crippen LogP contribution in [0.25, 0.3) is 10.6 Å². The van der Waals surface area contributed by atoms with Gasteiger partial charge in [-0.15, -0.1) is 11.3 Å². The van der Waals surface area contributed by atoms with Gasteiger partial charge in [-0.1, -0.05) is 67.6 Å². The lowest BCUT2D eigenvalue weighted by atomic mass is 10.1. The molecule has 4 rings (SSSR count). The van der Waals surface area contributed by atoms with Gasteiger partial charge in [0, 0.05) is 10.9 Å². The monoisotopic (exact) mass is 457 g/mol. The predicted octanol–water partition coefficient (Wildman–Crippen LogP) is 5.03. The highest BCUT2D eigenvalue weighted by atomic mass is 32.1. The van der Waals surface area contributed by atoms with Crippen LogP contribution in [0.5, 0.6) is 5.75 Å². The number of carbonyl (C=O) groups is 2. The summed E-state index contributed by atoms with van der Waals surface area (Å²) in [6.07, 6.45) is 0.721.